The van der Waals surface area contributed by atoms with E-state index in [0.29, 0.717) is 12.1 Å². The smallest absolute Gasteiger partial charge is 0.251 e. The zero-order chi connectivity index (χ0) is 17.6. The second kappa shape index (κ2) is 7.81. The lowest BCUT2D eigenvalue weighted by Gasteiger charge is -2.13. The number of amides is 1. The van der Waals surface area contributed by atoms with Gasteiger partial charge in [0.2, 0.25) is 0 Å². The third kappa shape index (κ3) is 3.80. The number of nitrogens with one attached hydrogen (secondary N) is 2. The molecule has 0 bridgehead atoms. The van der Waals surface area contributed by atoms with E-state index in [4.69, 9.17) is 4.74 Å². The van der Waals surface area contributed by atoms with Crippen LogP contribution in [0.25, 0.3) is 10.8 Å². The van der Waals surface area contributed by atoms with Gasteiger partial charge in [0.05, 0.1) is 7.11 Å². The van der Waals surface area contributed by atoms with Gasteiger partial charge in [0.1, 0.15) is 5.75 Å². The number of rotatable bonds is 6. The van der Waals surface area contributed by atoms with Gasteiger partial charge in [-0.2, -0.15) is 0 Å². The maximum atomic E-state index is 11.6. The lowest BCUT2D eigenvalue weighted by molar-refractivity contribution is 0.0963. The van der Waals surface area contributed by atoms with Gasteiger partial charge in [-0.25, -0.2) is 0 Å². The summed E-state index contributed by atoms with van der Waals surface area (Å²) in [5.74, 6) is 0.821. The zero-order valence-corrected chi connectivity index (χ0v) is 14.5. The number of carbonyl (C=O) groups is 1. The number of hydrogen-bond acceptors (Lipinski definition) is 3. The first-order valence-corrected chi connectivity index (χ1v) is 8.29. The molecule has 1 amide bonds. The molecule has 3 aromatic carbocycles. The van der Waals surface area contributed by atoms with Gasteiger partial charge in [0.25, 0.3) is 5.91 Å². The minimum atomic E-state index is -0.0694. The Hall–Kier alpha value is -2.85. The van der Waals surface area contributed by atoms with Crippen LogP contribution in [0.1, 0.15) is 21.5 Å². The molecule has 0 aromatic heterocycles. The van der Waals surface area contributed by atoms with Gasteiger partial charge in [-0.3, -0.25) is 4.79 Å². The molecule has 0 unspecified atom stereocenters. The van der Waals surface area contributed by atoms with Gasteiger partial charge in [-0.1, -0.05) is 42.5 Å². The summed E-state index contributed by atoms with van der Waals surface area (Å²) >= 11 is 0. The van der Waals surface area contributed by atoms with Crippen LogP contribution in [-0.2, 0) is 13.1 Å². The van der Waals surface area contributed by atoms with E-state index >= 15 is 0 Å². The predicted molar refractivity (Wildman–Crippen MR) is 101 cm³/mol. The molecule has 4 heteroatoms. The molecule has 0 heterocycles. The molecule has 128 valence electrons. The quantitative estimate of drug-likeness (QED) is 0.725. The maximum Gasteiger partial charge on any atom is 0.251 e. The van der Waals surface area contributed by atoms with Crippen molar-refractivity contribution in [2.75, 3.05) is 14.2 Å². The zero-order valence-electron chi connectivity index (χ0n) is 14.5. The number of benzene rings is 3. The van der Waals surface area contributed by atoms with E-state index < -0.39 is 0 Å². The Morgan fingerprint density at radius 1 is 0.960 bits per heavy atom. The topological polar surface area (TPSA) is 50.4 Å². The van der Waals surface area contributed by atoms with Crippen molar-refractivity contribution in [2.45, 2.75) is 13.1 Å². The molecule has 3 rings (SSSR count). The Labute approximate surface area is 147 Å². The average molecular weight is 334 g/mol. The first kappa shape index (κ1) is 17.0. The highest BCUT2D eigenvalue weighted by Gasteiger charge is 2.08. The molecule has 0 aliphatic carbocycles. The highest BCUT2D eigenvalue weighted by atomic mass is 16.5. The lowest BCUT2D eigenvalue weighted by atomic mass is 10.0. The van der Waals surface area contributed by atoms with E-state index in [9.17, 15) is 4.79 Å². The molecule has 25 heavy (non-hydrogen) atoms. The summed E-state index contributed by atoms with van der Waals surface area (Å²) in [6.07, 6.45) is 0. The van der Waals surface area contributed by atoms with Crippen LogP contribution >= 0.6 is 0 Å². The van der Waals surface area contributed by atoms with Crippen molar-refractivity contribution in [1.82, 2.24) is 10.6 Å². The molecule has 0 radical (unpaired) electrons. The van der Waals surface area contributed by atoms with Crippen LogP contribution in [0.15, 0.2) is 60.7 Å². The van der Waals surface area contributed by atoms with Crippen molar-refractivity contribution < 1.29 is 9.53 Å². The van der Waals surface area contributed by atoms with Gasteiger partial charge < -0.3 is 15.4 Å². The molecule has 0 fully saturated rings. The first-order valence-electron chi connectivity index (χ1n) is 8.29. The van der Waals surface area contributed by atoms with E-state index in [1.54, 1.807) is 14.2 Å². The Morgan fingerprint density at radius 3 is 2.44 bits per heavy atom. The van der Waals surface area contributed by atoms with Crippen LogP contribution in [0, 0.1) is 0 Å². The van der Waals surface area contributed by atoms with Crippen LogP contribution in [0.5, 0.6) is 5.75 Å². The van der Waals surface area contributed by atoms with Gasteiger partial charge >= 0.3 is 0 Å². The average Bonchev–Trinajstić information content (AvgIpc) is 2.68. The molecule has 0 spiro atoms. The highest BCUT2D eigenvalue weighted by Crippen LogP contribution is 2.27. The summed E-state index contributed by atoms with van der Waals surface area (Å²) in [7, 11) is 3.33. The Kier molecular flexibility index (Phi) is 5.31. The summed E-state index contributed by atoms with van der Waals surface area (Å²) < 4.78 is 5.53. The van der Waals surface area contributed by atoms with Gasteiger partial charge in [-0.15, -0.1) is 0 Å². The van der Waals surface area contributed by atoms with E-state index in [2.05, 4.69) is 28.8 Å². The molecule has 0 aliphatic heterocycles. The minimum Gasteiger partial charge on any atom is -0.496 e. The lowest BCUT2D eigenvalue weighted by Crippen LogP contribution is -2.18. The van der Waals surface area contributed by atoms with Gasteiger partial charge in [-0.05, 0) is 34.5 Å². The summed E-state index contributed by atoms with van der Waals surface area (Å²) in [6.45, 7) is 1.43. The van der Waals surface area contributed by atoms with Crippen molar-refractivity contribution in [3.8, 4) is 5.75 Å². The maximum absolute atomic E-state index is 11.6. The predicted octanol–water partition coefficient (Wildman–Crippen LogP) is 3.50. The van der Waals surface area contributed by atoms with Crippen molar-refractivity contribution in [2.24, 2.45) is 0 Å². The van der Waals surface area contributed by atoms with Crippen LogP contribution in [0.3, 0.4) is 0 Å². The monoisotopic (exact) mass is 334 g/mol. The van der Waals surface area contributed by atoms with E-state index in [0.717, 1.165) is 23.4 Å². The molecule has 0 atom stereocenters. The van der Waals surface area contributed by atoms with Gasteiger partial charge in [0, 0.05) is 31.3 Å². The number of carbonyl (C=O) groups excluding carboxylic acids is 1. The molecule has 0 saturated carbocycles. The Bertz CT molecular complexity index is 873. The van der Waals surface area contributed by atoms with Crippen LogP contribution < -0.4 is 15.4 Å². The fourth-order valence-corrected chi connectivity index (χ4v) is 2.94. The fraction of sp³-hybridized carbons (Fsp3) is 0.190. The van der Waals surface area contributed by atoms with Crippen molar-refractivity contribution >= 4 is 16.7 Å². The van der Waals surface area contributed by atoms with E-state index in [-0.39, 0.29) is 5.91 Å². The third-order valence-corrected chi connectivity index (χ3v) is 4.29. The molecular weight excluding hydrogens is 312 g/mol. The molecule has 2 N–H and O–H groups in total. The van der Waals surface area contributed by atoms with Crippen LogP contribution in [0.2, 0.25) is 0 Å². The second-order valence-electron chi connectivity index (χ2n) is 5.85. The summed E-state index contributed by atoms with van der Waals surface area (Å²) in [4.78, 5) is 11.6. The normalized spacial score (nSPS) is 10.6. The molecule has 3 aromatic rings. The number of hydrogen-bond donors (Lipinski definition) is 2. The highest BCUT2D eigenvalue weighted by molar-refractivity contribution is 5.94. The molecule has 4 nitrogen and oxygen atoms in total. The van der Waals surface area contributed by atoms with Crippen LogP contribution in [0.4, 0.5) is 0 Å². The fourth-order valence-electron chi connectivity index (χ4n) is 2.94. The molecule has 0 saturated heterocycles. The van der Waals surface area contributed by atoms with Gasteiger partial charge in [0.15, 0.2) is 0 Å². The third-order valence-electron chi connectivity index (χ3n) is 4.29. The van der Waals surface area contributed by atoms with Crippen molar-refractivity contribution in [1.29, 1.82) is 0 Å². The standard InChI is InChI=1S/C21H22N2O2/c1-22-21(24)17-9-7-15(8-10-17)13-23-14-19-18-6-4-3-5-16(18)11-12-20(19)25-2/h3-12,23H,13-14H2,1-2H3,(H,22,24). The minimum absolute atomic E-state index is 0.0694. The summed E-state index contributed by atoms with van der Waals surface area (Å²) in [5, 5.41) is 8.50. The van der Waals surface area contributed by atoms with Crippen molar-refractivity contribution in [3.63, 3.8) is 0 Å². The van der Waals surface area contributed by atoms with Crippen molar-refractivity contribution in [3.05, 3.63) is 77.4 Å². The largest absolute Gasteiger partial charge is 0.496 e. The number of methoxy groups -OCH3 is 1. The summed E-state index contributed by atoms with van der Waals surface area (Å²) in [5.41, 5.74) is 2.96. The SMILES string of the molecule is CNC(=O)c1ccc(CNCc2c(OC)ccc3ccccc23)cc1. The number of fused-ring (bicyclic) bond motifs is 1. The Morgan fingerprint density at radius 2 is 1.72 bits per heavy atom. The molecular formula is C21H22N2O2. The van der Waals surface area contributed by atoms with Crippen LogP contribution in [-0.4, -0.2) is 20.1 Å². The van der Waals surface area contributed by atoms with E-state index in [1.165, 1.54) is 10.8 Å². The van der Waals surface area contributed by atoms with E-state index in [1.807, 2.05) is 42.5 Å². The number of ether oxygens (including phenoxy) is 1. The summed E-state index contributed by atoms with van der Waals surface area (Å²) in [6, 6.07) is 20.0. The Balaban J connectivity index is 1.72. The molecule has 0 aliphatic rings. The first-order chi connectivity index (χ1) is 12.2. The second-order valence-corrected chi connectivity index (χ2v) is 5.85.